The summed E-state index contributed by atoms with van der Waals surface area (Å²) in [6.45, 7) is 4.93. The van der Waals surface area contributed by atoms with Gasteiger partial charge < -0.3 is 20.3 Å². The third-order valence-electron chi connectivity index (χ3n) is 13.9. The Balaban J connectivity index is 3.40. The molecule has 400 valence electrons. The first-order chi connectivity index (χ1) is 33.5. The number of rotatable bonds is 56. The second kappa shape index (κ2) is 57.7. The highest BCUT2D eigenvalue weighted by Crippen LogP contribution is 2.17. The molecule has 6 nitrogen and oxygen atoms in total. The van der Waals surface area contributed by atoms with Crippen molar-refractivity contribution < 1.29 is 24.5 Å². The Morgan fingerprint density at radius 3 is 1.13 bits per heavy atom. The fourth-order valence-electron chi connectivity index (χ4n) is 9.25. The Kier molecular flexibility index (Phi) is 56.0. The predicted octanol–water partition coefficient (Wildman–Crippen LogP) is 18.8. The molecule has 0 spiro atoms. The molecule has 2 unspecified atom stereocenters. The molecule has 6 heteroatoms. The number of esters is 1. The van der Waals surface area contributed by atoms with E-state index in [9.17, 15) is 19.8 Å². The zero-order valence-electron chi connectivity index (χ0n) is 45.6. The number of aliphatic hydroxyl groups excluding tert-OH is 2. The normalized spacial score (nSPS) is 12.8. The van der Waals surface area contributed by atoms with Crippen LogP contribution in [0.1, 0.15) is 322 Å². The zero-order valence-corrected chi connectivity index (χ0v) is 45.6. The highest BCUT2D eigenvalue weighted by Gasteiger charge is 2.20. The van der Waals surface area contributed by atoms with Crippen molar-refractivity contribution in [3.63, 3.8) is 0 Å². The number of unbranched alkanes of at least 4 members (excludes halogenated alkanes) is 39. The minimum absolute atomic E-state index is 0.00186. The summed E-state index contributed by atoms with van der Waals surface area (Å²) >= 11 is 0. The maximum Gasteiger partial charge on any atom is 0.305 e. The molecule has 0 saturated heterocycles. The van der Waals surface area contributed by atoms with E-state index in [2.05, 4.69) is 55.6 Å². The quantitative estimate of drug-likeness (QED) is 0.0321. The maximum atomic E-state index is 12.4. The van der Waals surface area contributed by atoms with Crippen LogP contribution in [0.2, 0.25) is 0 Å². The Morgan fingerprint density at radius 2 is 0.735 bits per heavy atom. The number of hydrogen-bond donors (Lipinski definition) is 3. The maximum absolute atomic E-state index is 12.4. The molecule has 0 aliphatic rings. The van der Waals surface area contributed by atoms with Crippen molar-refractivity contribution in [3.05, 3.63) is 36.5 Å². The Bertz CT molecular complexity index is 1100. The predicted molar refractivity (Wildman–Crippen MR) is 296 cm³/mol. The summed E-state index contributed by atoms with van der Waals surface area (Å²) in [4.78, 5) is 24.5. The first kappa shape index (κ1) is 66.1. The van der Waals surface area contributed by atoms with Crippen LogP contribution in [0, 0.1) is 0 Å². The van der Waals surface area contributed by atoms with Crippen LogP contribution in [-0.4, -0.2) is 47.4 Å². The molecule has 0 aromatic heterocycles. The molecule has 3 N–H and O–H groups in total. The van der Waals surface area contributed by atoms with Crippen LogP contribution in [-0.2, 0) is 14.3 Å². The molecule has 0 aromatic carbocycles. The van der Waals surface area contributed by atoms with Gasteiger partial charge in [-0.1, -0.05) is 262 Å². The fourth-order valence-corrected chi connectivity index (χ4v) is 9.25. The molecular weight excluding hydrogens is 839 g/mol. The lowest BCUT2D eigenvalue weighted by Crippen LogP contribution is -2.45. The molecule has 1 amide bonds. The van der Waals surface area contributed by atoms with Crippen molar-refractivity contribution in [2.45, 2.75) is 334 Å². The summed E-state index contributed by atoms with van der Waals surface area (Å²) < 4.78 is 5.47. The van der Waals surface area contributed by atoms with E-state index in [0.717, 1.165) is 51.4 Å². The molecule has 0 aliphatic heterocycles. The monoisotopic (exact) mass is 956 g/mol. The van der Waals surface area contributed by atoms with Gasteiger partial charge in [-0.25, -0.2) is 0 Å². The number of carbonyl (C=O) groups excluding carboxylic acids is 2. The lowest BCUT2D eigenvalue weighted by atomic mass is 10.0. The van der Waals surface area contributed by atoms with Gasteiger partial charge in [-0.05, 0) is 83.5 Å². The van der Waals surface area contributed by atoms with E-state index in [0.29, 0.717) is 25.9 Å². The third-order valence-corrected chi connectivity index (χ3v) is 13.9. The SMILES string of the molecule is CCCCCCC/C=C\CCCCCCCC(=O)OCCCCCCCCCCC/C=C\C/C=C\CCCCCCCCCCCCCC(=O)NC(CO)C(O)CCCCCCCCCCCC. The zero-order chi connectivity index (χ0) is 49.3. The number of hydrogen-bond acceptors (Lipinski definition) is 5. The summed E-state index contributed by atoms with van der Waals surface area (Å²) in [5, 5.41) is 23.1. The smallest absolute Gasteiger partial charge is 0.305 e. The highest BCUT2D eigenvalue weighted by atomic mass is 16.5. The van der Waals surface area contributed by atoms with Crippen LogP contribution in [0.25, 0.3) is 0 Å². The first-order valence-electron chi connectivity index (χ1n) is 30.2. The molecule has 0 aromatic rings. The number of nitrogens with one attached hydrogen (secondary N) is 1. The number of aliphatic hydroxyl groups is 2. The lowest BCUT2D eigenvalue weighted by Gasteiger charge is -2.22. The van der Waals surface area contributed by atoms with Gasteiger partial charge in [0.2, 0.25) is 5.91 Å². The fraction of sp³-hybridized carbons (Fsp3) is 0.871. The summed E-state index contributed by atoms with van der Waals surface area (Å²) in [7, 11) is 0. The van der Waals surface area contributed by atoms with Gasteiger partial charge in [0.05, 0.1) is 25.4 Å². The molecule has 0 fully saturated rings. The minimum atomic E-state index is -0.664. The van der Waals surface area contributed by atoms with E-state index in [1.165, 1.54) is 238 Å². The van der Waals surface area contributed by atoms with Crippen LogP contribution < -0.4 is 5.32 Å². The molecular formula is C62H117NO5. The highest BCUT2D eigenvalue weighted by molar-refractivity contribution is 5.76. The van der Waals surface area contributed by atoms with E-state index in [4.69, 9.17) is 4.74 Å². The average molecular weight is 957 g/mol. The number of amides is 1. The molecule has 0 radical (unpaired) electrons. The van der Waals surface area contributed by atoms with Gasteiger partial charge in [-0.15, -0.1) is 0 Å². The van der Waals surface area contributed by atoms with Gasteiger partial charge in [0.15, 0.2) is 0 Å². The number of allylic oxidation sites excluding steroid dienone is 6. The summed E-state index contributed by atoms with van der Waals surface area (Å²) in [6, 6.07) is -0.542. The van der Waals surface area contributed by atoms with Crippen molar-refractivity contribution in [3.8, 4) is 0 Å². The van der Waals surface area contributed by atoms with Crippen molar-refractivity contribution in [1.29, 1.82) is 0 Å². The lowest BCUT2D eigenvalue weighted by molar-refractivity contribution is -0.143. The van der Waals surface area contributed by atoms with Gasteiger partial charge in [-0.2, -0.15) is 0 Å². The second-order valence-electron chi connectivity index (χ2n) is 20.7. The van der Waals surface area contributed by atoms with E-state index >= 15 is 0 Å². The van der Waals surface area contributed by atoms with E-state index in [1.807, 2.05) is 0 Å². The van der Waals surface area contributed by atoms with Crippen LogP contribution in [0.5, 0.6) is 0 Å². The summed E-state index contributed by atoms with van der Waals surface area (Å²) in [5.41, 5.74) is 0. The molecule has 0 bridgehead atoms. The van der Waals surface area contributed by atoms with Crippen LogP contribution in [0.4, 0.5) is 0 Å². The van der Waals surface area contributed by atoms with Crippen molar-refractivity contribution in [2.24, 2.45) is 0 Å². The van der Waals surface area contributed by atoms with Gasteiger partial charge >= 0.3 is 5.97 Å². The molecule has 0 rings (SSSR count). The molecule has 0 aliphatic carbocycles. The summed E-state index contributed by atoms with van der Waals surface area (Å²) in [6.07, 6.45) is 71.6. The molecule has 2 atom stereocenters. The molecule has 0 saturated carbocycles. The largest absolute Gasteiger partial charge is 0.466 e. The van der Waals surface area contributed by atoms with Crippen LogP contribution in [0.15, 0.2) is 36.5 Å². The van der Waals surface area contributed by atoms with Gasteiger partial charge in [-0.3, -0.25) is 9.59 Å². The van der Waals surface area contributed by atoms with Crippen LogP contribution >= 0.6 is 0 Å². The summed E-state index contributed by atoms with van der Waals surface area (Å²) in [5.74, 6) is -0.0377. The Labute approximate surface area is 424 Å². The van der Waals surface area contributed by atoms with E-state index in [-0.39, 0.29) is 18.5 Å². The van der Waals surface area contributed by atoms with Crippen molar-refractivity contribution >= 4 is 11.9 Å². The van der Waals surface area contributed by atoms with Gasteiger partial charge in [0.1, 0.15) is 0 Å². The second-order valence-corrected chi connectivity index (χ2v) is 20.7. The average Bonchev–Trinajstić information content (AvgIpc) is 3.34. The Hall–Kier alpha value is -1.92. The minimum Gasteiger partial charge on any atom is -0.466 e. The number of ether oxygens (including phenoxy) is 1. The molecule has 0 heterocycles. The third kappa shape index (κ3) is 53.4. The molecule has 68 heavy (non-hydrogen) atoms. The Morgan fingerprint density at radius 1 is 0.412 bits per heavy atom. The topological polar surface area (TPSA) is 95.9 Å². The number of carbonyl (C=O) groups is 2. The van der Waals surface area contributed by atoms with Crippen molar-refractivity contribution in [1.82, 2.24) is 5.32 Å². The van der Waals surface area contributed by atoms with Gasteiger partial charge in [0, 0.05) is 12.8 Å². The van der Waals surface area contributed by atoms with E-state index in [1.54, 1.807) is 0 Å². The van der Waals surface area contributed by atoms with E-state index < -0.39 is 12.1 Å². The van der Waals surface area contributed by atoms with Crippen LogP contribution in [0.3, 0.4) is 0 Å². The van der Waals surface area contributed by atoms with Gasteiger partial charge in [0.25, 0.3) is 0 Å². The van der Waals surface area contributed by atoms with Crippen molar-refractivity contribution in [2.75, 3.05) is 13.2 Å². The first-order valence-corrected chi connectivity index (χ1v) is 30.2. The standard InChI is InChI=1S/C62H117NO5/c1-3-5-7-9-11-13-15-16-33-36-40-44-48-52-56-62(67)68-57-53-49-45-41-37-34-31-29-27-25-23-21-19-17-18-20-22-24-26-28-30-32-35-39-43-47-51-55-61(66)63-59(58-64)60(65)54-50-46-42-38-14-12-10-8-6-4-2/h15-18,21,23,59-60,64-65H,3-14,19-20,22,24-58H2,1-2H3,(H,63,66)/b16-15-,18-17-,23-21-.